The highest BCUT2D eigenvalue weighted by molar-refractivity contribution is 7.92. The van der Waals surface area contributed by atoms with E-state index in [0.717, 1.165) is 22.7 Å². The Bertz CT molecular complexity index is 1140. The lowest BCUT2D eigenvalue weighted by Gasteiger charge is -2.32. The summed E-state index contributed by atoms with van der Waals surface area (Å²) in [5.41, 5.74) is 0.408. The fourth-order valence-electron chi connectivity index (χ4n) is 3.09. The molecule has 1 atom stereocenters. The third-order valence-corrected chi connectivity index (χ3v) is 7.12. The number of carbonyl (C=O) groups is 2. The highest BCUT2D eigenvalue weighted by Gasteiger charge is 2.31. The average molecular weight is 553 g/mol. The Morgan fingerprint density at radius 3 is 2.24 bits per heavy atom. The Balaban J connectivity index is 2.45. The molecule has 0 spiro atoms. The molecule has 2 aromatic carbocycles. The van der Waals surface area contributed by atoms with Gasteiger partial charge in [0.05, 0.1) is 17.0 Å². The summed E-state index contributed by atoms with van der Waals surface area (Å²) in [6.07, 6.45) is 1.60. The summed E-state index contributed by atoms with van der Waals surface area (Å²) in [7, 11) is -3.97. The van der Waals surface area contributed by atoms with Crippen molar-refractivity contribution in [1.82, 2.24) is 10.2 Å². The second kappa shape index (κ2) is 12.1. The molecule has 0 heterocycles. The quantitative estimate of drug-likeness (QED) is 0.470. The molecule has 1 N–H and O–H groups in total. The number of nitrogens with zero attached hydrogens (tertiary/aromatic N) is 2. The van der Waals surface area contributed by atoms with Crippen molar-refractivity contribution in [2.24, 2.45) is 0 Å². The second-order valence-corrected chi connectivity index (χ2v) is 10.7. The van der Waals surface area contributed by atoms with Crippen LogP contribution in [0, 0.1) is 5.82 Å². The first-order valence-electron chi connectivity index (χ1n) is 10.3. The van der Waals surface area contributed by atoms with Gasteiger partial charge >= 0.3 is 0 Å². The molecular weight excluding hydrogens is 528 g/mol. The Morgan fingerprint density at radius 1 is 1.09 bits per heavy atom. The largest absolute Gasteiger partial charge is 0.354 e. The van der Waals surface area contributed by atoms with Crippen LogP contribution in [0.15, 0.2) is 36.4 Å². The lowest BCUT2D eigenvalue weighted by Crippen LogP contribution is -2.51. The fraction of sp³-hybridized carbons (Fsp3) is 0.364. The molecule has 186 valence electrons. The van der Waals surface area contributed by atoms with Gasteiger partial charge in [-0.1, -0.05) is 47.8 Å². The third-order valence-electron chi connectivity index (χ3n) is 4.98. The lowest BCUT2D eigenvalue weighted by atomic mass is 10.1. The van der Waals surface area contributed by atoms with E-state index in [9.17, 15) is 22.4 Å². The van der Waals surface area contributed by atoms with E-state index in [4.69, 9.17) is 34.8 Å². The van der Waals surface area contributed by atoms with E-state index in [2.05, 4.69) is 5.32 Å². The van der Waals surface area contributed by atoms with Crippen LogP contribution in [-0.2, 0) is 26.2 Å². The van der Waals surface area contributed by atoms with E-state index in [0.29, 0.717) is 18.5 Å². The normalized spacial score (nSPS) is 12.2. The molecule has 0 unspecified atom stereocenters. The second-order valence-electron chi connectivity index (χ2n) is 7.56. The van der Waals surface area contributed by atoms with Crippen molar-refractivity contribution in [3.8, 4) is 0 Å². The SMILES string of the molecule is CCCNC(=O)[C@@H](C)N(Cc1c(Cl)cccc1Cl)C(=O)CN(c1ccc(F)c(Cl)c1)S(C)(=O)=O. The minimum Gasteiger partial charge on any atom is -0.354 e. The number of hydrogen-bond donors (Lipinski definition) is 1. The van der Waals surface area contributed by atoms with Gasteiger partial charge in [-0.2, -0.15) is 0 Å². The van der Waals surface area contributed by atoms with Crippen molar-refractivity contribution in [2.75, 3.05) is 23.7 Å². The Labute approximate surface area is 213 Å². The molecule has 34 heavy (non-hydrogen) atoms. The van der Waals surface area contributed by atoms with E-state index in [1.54, 1.807) is 18.2 Å². The van der Waals surface area contributed by atoms with Crippen LogP contribution >= 0.6 is 34.8 Å². The highest BCUT2D eigenvalue weighted by Crippen LogP contribution is 2.28. The molecule has 2 aromatic rings. The summed E-state index contributed by atoms with van der Waals surface area (Å²) in [6, 6.07) is 7.17. The van der Waals surface area contributed by atoms with Crippen LogP contribution < -0.4 is 9.62 Å². The van der Waals surface area contributed by atoms with Crippen molar-refractivity contribution in [3.05, 3.63) is 62.8 Å². The Hall–Kier alpha value is -2.07. The molecule has 0 fully saturated rings. The third kappa shape index (κ3) is 7.21. The molecule has 0 aliphatic carbocycles. The topological polar surface area (TPSA) is 86.8 Å². The monoisotopic (exact) mass is 551 g/mol. The van der Waals surface area contributed by atoms with Gasteiger partial charge in [0.1, 0.15) is 18.4 Å². The van der Waals surface area contributed by atoms with E-state index in [-0.39, 0.29) is 27.3 Å². The molecule has 12 heteroatoms. The Kier molecular flexibility index (Phi) is 9.99. The summed E-state index contributed by atoms with van der Waals surface area (Å²) in [4.78, 5) is 27.3. The molecule has 0 aromatic heterocycles. The maximum absolute atomic E-state index is 13.6. The van der Waals surface area contributed by atoms with Crippen LogP contribution in [0.5, 0.6) is 0 Å². The van der Waals surface area contributed by atoms with E-state index in [1.807, 2.05) is 6.92 Å². The van der Waals surface area contributed by atoms with Gasteiger partial charge in [0.25, 0.3) is 0 Å². The Morgan fingerprint density at radius 2 is 1.71 bits per heavy atom. The van der Waals surface area contributed by atoms with Crippen LogP contribution in [0.25, 0.3) is 0 Å². The lowest BCUT2D eigenvalue weighted by molar-refractivity contribution is -0.139. The predicted octanol–water partition coefficient (Wildman–Crippen LogP) is 4.50. The first-order valence-corrected chi connectivity index (χ1v) is 13.3. The van der Waals surface area contributed by atoms with Crippen LogP contribution in [-0.4, -0.2) is 50.5 Å². The van der Waals surface area contributed by atoms with Gasteiger partial charge < -0.3 is 10.2 Å². The number of amides is 2. The number of halogens is 4. The van der Waals surface area contributed by atoms with Crippen molar-refractivity contribution in [2.45, 2.75) is 32.9 Å². The number of hydrogen-bond acceptors (Lipinski definition) is 4. The van der Waals surface area contributed by atoms with Gasteiger partial charge in [-0.3, -0.25) is 13.9 Å². The first-order chi connectivity index (χ1) is 15.9. The molecule has 7 nitrogen and oxygen atoms in total. The van der Waals surface area contributed by atoms with Crippen molar-refractivity contribution in [1.29, 1.82) is 0 Å². The van der Waals surface area contributed by atoms with Crippen molar-refractivity contribution >= 4 is 62.3 Å². The smallest absolute Gasteiger partial charge is 0.244 e. The molecule has 2 amide bonds. The minimum absolute atomic E-state index is 0.000985. The number of rotatable bonds is 10. The average Bonchev–Trinajstić information content (AvgIpc) is 2.76. The van der Waals surface area contributed by atoms with Crippen molar-refractivity contribution in [3.63, 3.8) is 0 Å². The van der Waals surface area contributed by atoms with Gasteiger partial charge in [-0.25, -0.2) is 12.8 Å². The van der Waals surface area contributed by atoms with Crippen LogP contribution in [0.4, 0.5) is 10.1 Å². The molecule has 2 rings (SSSR count). The highest BCUT2D eigenvalue weighted by atomic mass is 35.5. The first kappa shape index (κ1) is 28.2. The van der Waals surface area contributed by atoms with Gasteiger partial charge in [-0.05, 0) is 43.7 Å². The molecule has 0 saturated carbocycles. The predicted molar refractivity (Wildman–Crippen MR) is 133 cm³/mol. The molecule has 0 radical (unpaired) electrons. The zero-order valence-corrected chi connectivity index (χ0v) is 21.9. The number of carbonyl (C=O) groups excluding carboxylic acids is 2. The van der Waals surface area contributed by atoms with E-state index >= 15 is 0 Å². The molecule has 0 aliphatic heterocycles. The molecule has 0 saturated heterocycles. The summed E-state index contributed by atoms with van der Waals surface area (Å²) in [6.45, 7) is 3.01. The summed E-state index contributed by atoms with van der Waals surface area (Å²) < 4.78 is 39.4. The number of anilines is 1. The molecular formula is C22H25Cl3FN3O4S. The van der Waals surface area contributed by atoms with Crippen LogP contribution in [0.1, 0.15) is 25.8 Å². The standard InChI is InChI=1S/C22H25Cl3FN3O4S/c1-4-10-27-22(31)14(2)28(12-16-17(23)6-5-7-18(16)24)21(30)13-29(34(3,32)33)15-8-9-20(26)19(25)11-15/h5-9,11,14H,4,10,12-13H2,1-3H3,(H,27,31)/t14-/m1/s1. The summed E-state index contributed by atoms with van der Waals surface area (Å²) in [5.74, 6) is -1.85. The summed E-state index contributed by atoms with van der Waals surface area (Å²) in [5, 5.41) is 3.00. The fourth-order valence-corrected chi connectivity index (χ4v) is 4.62. The van der Waals surface area contributed by atoms with E-state index < -0.39 is 40.2 Å². The molecule has 0 bridgehead atoms. The number of benzene rings is 2. The van der Waals surface area contributed by atoms with Crippen molar-refractivity contribution < 1.29 is 22.4 Å². The van der Waals surface area contributed by atoms with Gasteiger partial charge in [0, 0.05) is 28.7 Å². The maximum Gasteiger partial charge on any atom is 0.244 e. The summed E-state index contributed by atoms with van der Waals surface area (Å²) >= 11 is 18.4. The maximum atomic E-state index is 13.6. The minimum atomic E-state index is -3.97. The van der Waals surface area contributed by atoms with E-state index in [1.165, 1.54) is 17.9 Å². The zero-order chi connectivity index (χ0) is 25.6. The van der Waals surface area contributed by atoms with Gasteiger partial charge in [0.2, 0.25) is 21.8 Å². The zero-order valence-electron chi connectivity index (χ0n) is 18.8. The number of sulfonamides is 1. The van der Waals surface area contributed by atoms with Crippen LogP contribution in [0.2, 0.25) is 15.1 Å². The number of nitrogens with one attached hydrogen (secondary N) is 1. The van der Waals surface area contributed by atoms with Gasteiger partial charge in [0.15, 0.2) is 0 Å². The van der Waals surface area contributed by atoms with Gasteiger partial charge in [-0.15, -0.1) is 0 Å². The van der Waals surface area contributed by atoms with Crippen LogP contribution in [0.3, 0.4) is 0 Å². The molecule has 0 aliphatic rings.